The van der Waals surface area contributed by atoms with E-state index in [4.69, 9.17) is 9.57 Å². The molecule has 7 nitrogen and oxygen atoms in total. The summed E-state index contributed by atoms with van der Waals surface area (Å²) in [5.74, 6) is -1.91. The Hall–Kier alpha value is -3.97. The number of nitrogens with zero attached hydrogens (tertiary/aromatic N) is 2. The van der Waals surface area contributed by atoms with Gasteiger partial charge >= 0.3 is 5.97 Å². The summed E-state index contributed by atoms with van der Waals surface area (Å²) in [5.41, 5.74) is 3.44. The lowest BCUT2D eigenvalue weighted by Gasteiger charge is -2.29. The van der Waals surface area contributed by atoms with Crippen molar-refractivity contribution in [3.63, 3.8) is 0 Å². The summed E-state index contributed by atoms with van der Waals surface area (Å²) < 4.78 is 5.01. The van der Waals surface area contributed by atoms with Crippen LogP contribution in [0.25, 0.3) is 0 Å². The maximum Gasteiger partial charge on any atom is 0.338 e. The molecule has 0 unspecified atom stereocenters. The molecular weight excluding hydrogens is 432 g/mol. The predicted molar refractivity (Wildman–Crippen MR) is 126 cm³/mol. The van der Waals surface area contributed by atoms with E-state index in [9.17, 15) is 14.4 Å². The highest BCUT2D eigenvalue weighted by atomic mass is 16.7. The van der Waals surface area contributed by atoms with Gasteiger partial charge in [0.25, 0.3) is 5.91 Å². The molecule has 0 aromatic heterocycles. The van der Waals surface area contributed by atoms with E-state index in [1.165, 1.54) is 0 Å². The Balaban J connectivity index is 1.51. The van der Waals surface area contributed by atoms with Gasteiger partial charge in [-0.3, -0.25) is 14.4 Å². The third-order valence-electron chi connectivity index (χ3n) is 6.25. The molecule has 2 aliphatic heterocycles. The minimum absolute atomic E-state index is 0.267. The monoisotopic (exact) mass is 456 g/mol. The standard InChI is InChI=1S/C27H24N2O5/c1-3-33-27(32)19-13-15-20(16-14-19)28-25(30)22-23(18-10-5-4-6-11-18)29(34-24(22)26(28)31)21-12-8-7-9-17(21)2/h4-16,22-24H,3H2,1-2H3/t22-,23+,24-/m0/s1. The number of carbonyl (C=O) groups is 3. The van der Waals surface area contributed by atoms with E-state index < -0.39 is 29.9 Å². The fourth-order valence-corrected chi connectivity index (χ4v) is 4.64. The average Bonchev–Trinajstić information content (AvgIpc) is 3.36. The number of hydrogen-bond donors (Lipinski definition) is 0. The zero-order valence-electron chi connectivity index (χ0n) is 18.9. The Morgan fingerprint density at radius 1 is 0.912 bits per heavy atom. The second-order valence-corrected chi connectivity index (χ2v) is 8.30. The van der Waals surface area contributed by atoms with E-state index >= 15 is 0 Å². The number of carbonyl (C=O) groups excluding carboxylic acids is 3. The average molecular weight is 456 g/mol. The van der Waals surface area contributed by atoms with Gasteiger partial charge in [0.1, 0.15) is 5.92 Å². The molecule has 0 spiro atoms. The Morgan fingerprint density at radius 2 is 1.59 bits per heavy atom. The minimum Gasteiger partial charge on any atom is -0.462 e. The highest BCUT2D eigenvalue weighted by Gasteiger charge is 2.60. The molecule has 34 heavy (non-hydrogen) atoms. The van der Waals surface area contributed by atoms with Crippen molar-refractivity contribution in [1.29, 1.82) is 0 Å². The van der Waals surface area contributed by atoms with Crippen LogP contribution in [0.2, 0.25) is 0 Å². The van der Waals surface area contributed by atoms with Crippen LogP contribution in [0.15, 0.2) is 78.9 Å². The minimum atomic E-state index is -0.943. The van der Waals surface area contributed by atoms with Crippen molar-refractivity contribution in [2.45, 2.75) is 26.0 Å². The molecular formula is C27H24N2O5. The Morgan fingerprint density at radius 3 is 2.26 bits per heavy atom. The van der Waals surface area contributed by atoms with E-state index in [1.54, 1.807) is 36.3 Å². The van der Waals surface area contributed by atoms with Gasteiger partial charge in [-0.05, 0) is 55.3 Å². The first-order valence-corrected chi connectivity index (χ1v) is 11.2. The number of aryl methyl sites for hydroxylation is 1. The number of para-hydroxylation sites is 1. The lowest BCUT2D eigenvalue weighted by molar-refractivity contribution is -0.126. The van der Waals surface area contributed by atoms with E-state index in [1.807, 2.05) is 61.5 Å². The van der Waals surface area contributed by atoms with E-state index in [0.717, 1.165) is 21.7 Å². The van der Waals surface area contributed by atoms with Crippen molar-refractivity contribution in [1.82, 2.24) is 0 Å². The molecule has 0 radical (unpaired) electrons. The molecule has 5 rings (SSSR count). The lowest BCUT2D eigenvalue weighted by Crippen LogP contribution is -2.37. The molecule has 2 saturated heterocycles. The molecule has 3 aromatic rings. The zero-order chi connectivity index (χ0) is 23.8. The van der Waals surface area contributed by atoms with Gasteiger partial charge in [-0.25, -0.2) is 14.8 Å². The SMILES string of the molecule is CCOC(=O)c1ccc(N2C(=O)[C@@H]3[C@H](ON(c4ccccc4C)[C@@H]3c3ccccc3)C2=O)cc1. The van der Waals surface area contributed by atoms with Gasteiger partial charge < -0.3 is 4.74 Å². The number of hydroxylamine groups is 1. The Kier molecular flexibility index (Phi) is 5.63. The largest absolute Gasteiger partial charge is 0.462 e. The van der Waals surface area contributed by atoms with Gasteiger partial charge in [0.05, 0.1) is 29.6 Å². The van der Waals surface area contributed by atoms with Crippen molar-refractivity contribution in [3.8, 4) is 0 Å². The normalized spacial score (nSPS) is 21.6. The van der Waals surface area contributed by atoms with Crippen LogP contribution in [0.3, 0.4) is 0 Å². The van der Waals surface area contributed by atoms with Crippen molar-refractivity contribution >= 4 is 29.2 Å². The highest BCUT2D eigenvalue weighted by Crippen LogP contribution is 2.48. The highest BCUT2D eigenvalue weighted by molar-refractivity contribution is 6.24. The van der Waals surface area contributed by atoms with Crippen molar-refractivity contribution in [2.24, 2.45) is 5.92 Å². The number of hydrogen-bond acceptors (Lipinski definition) is 6. The van der Waals surface area contributed by atoms with Crippen LogP contribution in [0.5, 0.6) is 0 Å². The van der Waals surface area contributed by atoms with E-state index in [2.05, 4.69) is 0 Å². The first-order valence-electron chi connectivity index (χ1n) is 11.2. The van der Waals surface area contributed by atoms with Gasteiger partial charge in [0, 0.05) is 0 Å². The number of fused-ring (bicyclic) bond motifs is 1. The van der Waals surface area contributed by atoms with Crippen LogP contribution in [0, 0.1) is 12.8 Å². The van der Waals surface area contributed by atoms with Crippen LogP contribution in [0.4, 0.5) is 11.4 Å². The van der Waals surface area contributed by atoms with E-state index in [-0.39, 0.29) is 12.5 Å². The number of amides is 2. The first-order chi connectivity index (χ1) is 16.5. The topological polar surface area (TPSA) is 76.2 Å². The summed E-state index contributed by atoms with van der Waals surface area (Å²) >= 11 is 0. The van der Waals surface area contributed by atoms with Gasteiger partial charge in [-0.15, -0.1) is 0 Å². The quantitative estimate of drug-likeness (QED) is 0.423. The molecule has 3 atom stereocenters. The molecule has 0 N–H and O–H groups in total. The summed E-state index contributed by atoms with van der Waals surface area (Å²) in [6.45, 7) is 3.97. The van der Waals surface area contributed by atoms with Crippen molar-refractivity contribution in [3.05, 3.63) is 95.6 Å². The summed E-state index contributed by atoms with van der Waals surface area (Å²) in [6, 6.07) is 23.1. The molecule has 3 aromatic carbocycles. The number of esters is 1. The molecule has 172 valence electrons. The molecule has 2 aliphatic rings. The summed E-state index contributed by atoms with van der Waals surface area (Å²) in [4.78, 5) is 46.4. The van der Waals surface area contributed by atoms with Crippen molar-refractivity contribution < 1.29 is 24.0 Å². The van der Waals surface area contributed by atoms with Crippen LogP contribution < -0.4 is 9.96 Å². The molecule has 0 saturated carbocycles. The second kappa shape index (κ2) is 8.76. The first kappa shape index (κ1) is 21.9. The number of imide groups is 1. The fourth-order valence-electron chi connectivity index (χ4n) is 4.64. The molecule has 7 heteroatoms. The summed E-state index contributed by atoms with van der Waals surface area (Å²) in [7, 11) is 0. The fraction of sp³-hybridized carbons (Fsp3) is 0.222. The lowest BCUT2D eigenvalue weighted by atomic mass is 9.90. The maximum atomic E-state index is 13.7. The Bertz CT molecular complexity index is 1240. The Labute approximate surface area is 197 Å². The zero-order valence-corrected chi connectivity index (χ0v) is 18.9. The number of anilines is 2. The maximum absolute atomic E-state index is 13.7. The van der Waals surface area contributed by atoms with Crippen LogP contribution in [0.1, 0.15) is 34.5 Å². The van der Waals surface area contributed by atoms with Crippen LogP contribution in [-0.4, -0.2) is 30.5 Å². The van der Waals surface area contributed by atoms with Gasteiger partial charge in [-0.2, -0.15) is 0 Å². The molecule has 2 heterocycles. The number of ether oxygens (including phenoxy) is 1. The number of benzene rings is 3. The summed E-state index contributed by atoms with van der Waals surface area (Å²) in [6.07, 6.45) is -0.943. The van der Waals surface area contributed by atoms with Crippen LogP contribution in [-0.2, 0) is 19.2 Å². The smallest absolute Gasteiger partial charge is 0.338 e. The van der Waals surface area contributed by atoms with Crippen molar-refractivity contribution in [2.75, 3.05) is 16.6 Å². The molecule has 2 fully saturated rings. The van der Waals surface area contributed by atoms with Gasteiger partial charge in [0.15, 0.2) is 6.10 Å². The predicted octanol–water partition coefficient (Wildman–Crippen LogP) is 4.22. The van der Waals surface area contributed by atoms with Gasteiger partial charge in [0.2, 0.25) is 5.91 Å². The summed E-state index contributed by atoms with van der Waals surface area (Å²) in [5, 5.41) is 1.71. The third kappa shape index (κ3) is 3.54. The van der Waals surface area contributed by atoms with Crippen LogP contribution >= 0.6 is 0 Å². The second-order valence-electron chi connectivity index (χ2n) is 8.30. The molecule has 0 aliphatic carbocycles. The third-order valence-corrected chi connectivity index (χ3v) is 6.25. The molecule has 2 amide bonds. The molecule has 0 bridgehead atoms. The van der Waals surface area contributed by atoms with Gasteiger partial charge in [-0.1, -0.05) is 48.5 Å². The van der Waals surface area contributed by atoms with E-state index in [0.29, 0.717) is 11.3 Å². The number of rotatable bonds is 5.